The van der Waals surface area contributed by atoms with E-state index in [0.29, 0.717) is 30.8 Å². The predicted octanol–water partition coefficient (Wildman–Crippen LogP) is 4.77. The minimum atomic E-state index is -0.329. The zero-order valence-corrected chi connectivity index (χ0v) is 14.8. The smallest absolute Gasteiger partial charge is 0.319 e. The summed E-state index contributed by atoms with van der Waals surface area (Å²) in [4.78, 5) is 11.9. The second kappa shape index (κ2) is 9.38. The molecule has 5 heteroatoms. The maximum Gasteiger partial charge on any atom is 0.319 e. The van der Waals surface area contributed by atoms with Gasteiger partial charge in [-0.05, 0) is 47.9 Å². The van der Waals surface area contributed by atoms with Gasteiger partial charge in [0.15, 0.2) is 0 Å². The van der Waals surface area contributed by atoms with Gasteiger partial charge in [0.2, 0.25) is 0 Å². The number of halogens is 1. The van der Waals surface area contributed by atoms with E-state index < -0.39 is 0 Å². The Hall–Kier alpha value is -3.34. The predicted molar refractivity (Wildman–Crippen MR) is 104 cm³/mol. The van der Waals surface area contributed by atoms with Gasteiger partial charge >= 0.3 is 6.03 Å². The van der Waals surface area contributed by atoms with Gasteiger partial charge in [0.25, 0.3) is 0 Å². The Morgan fingerprint density at radius 2 is 1.59 bits per heavy atom. The molecule has 0 saturated heterocycles. The number of hydrogen-bond donors (Lipinski definition) is 2. The monoisotopic (exact) mass is 364 g/mol. The van der Waals surface area contributed by atoms with E-state index in [-0.39, 0.29) is 11.8 Å². The molecule has 0 bridgehead atoms. The standard InChI is InChI=1S/C22H21FN2O2/c23-21-9-5-4-8-18(21)14-15-24-22(26)25-19-10-12-20(13-11-19)27-16-17-6-2-1-3-7-17/h1-13H,14-16H2,(H2,24,25,26). The average molecular weight is 364 g/mol. The zero-order chi connectivity index (χ0) is 18.9. The Bertz CT molecular complexity index is 867. The zero-order valence-electron chi connectivity index (χ0n) is 14.8. The molecule has 3 rings (SSSR count). The van der Waals surface area contributed by atoms with Crippen molar-refractivity contribution in [1.82, 2.24) is 5.32 Å². The molecule has 0 aliphatic heterocycles. The molecule has 0 spiro atoms. The van der Waals surface area contributed by atoms with Crippen LogP contribution in [0.15, 0.2) is 78.9 Å². The highest BCUT2D eigenvalue weighted by Crippen LogP contribution is 2.17. The number of hydrogen-bond acceptors (Lipinski definition) is 2. The van der Waals surface area contributed by atoms with Crippen LogP contribution in [0.2, 0.25) is 0 Å². The molecule has 138 valence electrons. The lowest BCUT2D eigenvalue weighted by Crippen LogP contribution is -2.30. The number of carbonyl (C=O) groups excluding carboxylic acids is 1. The molecule has 0 radical (unpaired) electrons. The van der Waals surface area contributed by atoms with E-state index in [1.54, 1.807) is 42.5 Å². The van der Waals surface area contributed by atoms with Crippen LogP contribution in [-0.2, 0) is 13.0 Å². The van der Waals surface area contributed by atoms with Crippen molar-refractivity contribution in [2.24, 2.45) is 0 Å². The summed E-state index contributed by atoms with van der Waals surface area (Å²) in [5, 5.41) is 5.46. The lowest BCUT2D eigenvalue weighted by Gasteiger charge is -2.10. The summed E-state index contributed by atoms with van der Waals surface area (Å²) in [6.45, 7) is 0.842. The first kappa shape index (κ1) is 18.5. The first-order valence-electron chi connectivity index (χ1n) is 8.76. The highest BCUT2D eigenvalue weighted by Gasteiger charge is 2.04. The van der Waals surface area contributed by atoms with Crippen LogP contribution in [0.4, 0.5) is 14.9 Å². The summed E-state index contributed by atoms with van der Waals surface area (Å²) in [5.41, 5.74) is 2.33. The normalized spacial score (nSPS) is 10.3. The van der Waals surface area contributed by atoms with Gasteiger partial charge in [0.1, 0.15) is 18.2 Å². The summed E-state index contributed by atoms with van der Waals surface area (Å²) in [5.74, 6) is 0.468. The van der Waals surface area contributed by atoms with Gasteiger partial charge in [-0.3, -0.25) is 0 Å². The number of anilines is 1. The lowest BCUT2D eigenvalue weighted by molar-refractivity contribution is 0.252. The summed E-state index contributed by atoms with van der Waals surface area (Å²) in [7, 11) is 0. The molecule has 0 atom stereocenters. The van der Waals surface area contributed by atoms with Gasteiger partial charge in [-0.15, -0.1) is 0 Å². The lowest BCUT2D eigenvalue weighted by atomic mass is 10.1. The number of nitrogens with one attached hydrogen (secondary N) is 2. The fraction of sp³-hybridized carbons (Fsp3) is 0.136. The van der Waals surface area contributed by atoms with E-state index in [2.05, 4.69) is 10.6 Å². The van der Waals surface area contributed by atoms with Gasteiger partial charge in [-0.1, -0.05) is 48.5 Å². The van der Waals surface area contributed by atoms with Crippen molar-refractivity contribution < 1.29 is 13.9 Å². The van der Waals surface area contributed by atoms with E-state index >= 15 is 0 Å². The topological polar surface area (TPSA) is 50.4 Å². The van der Waals surface area contributed by atoms with E-state index in [0.717, 1.165) is 11.3 Å². The fourth-order valence-electron chi connectivity index (χ4n) is 2.56. The molecule has 0 saturated carbocycles. The first-order chi connectivity index (χ1) is 13.2. The quantitative estimate of drug-likeness (QED) is 0.634. The third kappa shape index (κ3) is 5.85. The Labute approximate surface area is 158 Å². The van der Waals surface area contributed by atoms with E-state index in [4.69, 9.17) is 4.74 Å². The maximum absolute atomic E-state index is 13.5. The van der Waals surface area contributed by atoms with Crippen LogP contribution >= 0.6 is 0 Å². The van der Waals surface area contributed by atoms with Crippen molar-refractivity contribution in [2.45, 2.75) is 13.0 Å². The Balaban J connectivity index is 1.42. The Morgan fingerprint density at radius 3 is 2.33 bits per heavy atom. The second-order valence-electron chi connectivity index (χ2n) is 6.02. The largest absolute Gasteiger partial charge is 0.489 e. The summed E-state index contributed by atoms with van der Waals surface area (Å²) < 4.78 is 19.2. The van der Waals surface area contributed by atoms with E-state index in [9.17, 15) is 9.18 Å². The molecule has 0 aromatic heterocycles. The van der Waals surface area contributed by atoms with Gasteiger partial charge in [-0.2, -0.15) is 0 Å². The summed E-state index contributed by atoms with van der Waals surface area (Å²) >= 11 is 0. The summed E-state index contributed by atoms with van der Waals surface area (Å²) in [6.07, 6.45) is 0.437. The molecule has 27 heavy (non-hydrogen) atoms. The molecule has 0 unspecified atom stereocenters. The minimum Gasteiger partial charge on any atom is -0.489 e. The van der Waals surface area contributed by atoms with Gasteiger partial charge in [0, 0.05) is 12.2 Å². The second-order valence-corrected chi connectivity index (χ2v) is 6.02. The Morgan fingerprint density at radius 1 is 0.889 bits per heavy atom. The minimum absolute atomic E-state index is 0.259. The van der Waals surface area contributed by atoms with Crippen LogP contribution in [0.1, 0.15) is 11.1 Å². The van der Waals surface area contributed by atoms with E-state index in [1.807, 2.05) is 30.3 Å². The van der Waals surface area contributed by atoms with Crippen molar-refractivity contribution in [3.8, 4) is 5.75 Å². The molecular weight excluding hydrogens is 343 g/mol. The molecule has 2 N–H and O–H groups in total. The molecular formula is C22H21FN2O2. The third-order valence-corrected chi connectivity index (χ3v) is 4.00. The SMILES string of the molecule is O=C(NCCc1ccccc1F)Nc1ccc(OCc2ccccc2)cc1. The third-order valence-electron chi connectivity index (χ3n) is 4.00. The van der Waals surface area contributed by atoms with Crippen molar-refractivity contribution >= 4 is 11.7 Å². The molecule has 4 nitrogen and oxygen atoms in total. The van der Waals surface area contributed by atoms with Crippen LogP contribution in [-0.4, -0.2) is 12.6 Å². The number of ether oxygens (including phenoxy) is 1. The molecule has 0 aliphatic carbocycles. The highest BCUT2D eigenvalue weighted by atomic mass is 19.1. The van der Waals surface area contributed by atoms with Crippen LogP contribution < -0.4 is 15.4 Å². The molecule has 0 heterocycles. The van der Waals surface area contributed by atoms with E-state index in [1.165, 1.54) is 6.07 Å². The van der Waals surface area contributed by atoms with Crippen molar-refractivity contribution in [3.63, 3.8) is 0 Å². The maximum atomic E-state index is 13.5. The average Bonchev–Trinajstić information content (AvgIpc) is 2.70. The van der Waals surface area contributed by atoms with Crippen LogP contribution in [0.3, 0.4) is 0 Å². The molecule has 3 aromatic rings. The summed E-state index contributed by atoms with van der Waals surface area (Å²) in [6, 6.07) is 23.3. The molecule has 0 fully saturated rings. The Kier molecular flexibility index (Phi) is 6.41. The van der Waals surface area contributed by atoms with Crippen LogP contribution in [0, 0.1) is 5.82 Å². The number of rotatable bonds is 7. The van der Waals surface area contributed by atoms with Crippen LogP contribution in [0.5, 0.6) is 5.75 Å². The highest BCUT2D eigenvalue weighted by molar-refractivity contribution is 5.89. The number of amides is 2. The molecule has 3 aromatic carbocycles. The van der Waals surface area contributed by atoms with Gasteiger partial charge in [0.05, 0.1) is 0 Å². The number of benzene rings is 3. The van der Waals surface area contributed by atoms with Gasteiger partial charge < -0.3 is 15.4 Å². The van der Waals surface area contributed by atoms with Gasteiger partial charge in [-0.25, -0.2) is 9.18 Å². The van der Waals surface area contributed by atoms with Crippen molar-refractivity contribution in [2.75, 3.05) is 11.9 Å². The number of urea groups is 1. The van der Waals surface area contributed by atoms with Crippen molar-refractivity contribution in [1.29, 1.82) is 0 Å². The van der Waals surface area contributed by atoms with Crippen LogP contribution in [0.25, 0.3) is 0 Å². The van der Waals surface area contributed by atoms with Crippen molar-refractivity contribution in [3.05, 3.63) is 95.8 Å². The molecule has 0 aliphatic rings. The first-order valence-corrected chi connectivity index (χ1v) is 8.76. The fourth-order valence-corrected chi connectivity index (χ4v) is 2.56. The number of carbonyl (C=O) groups is 1. The molecule has 2 amide bonds.